The van der Waals surface area contributed by atoms with Crippen molar-refractivity contribution in [2.24, 2.45) is 29.6 Å². The lowest BCUT2D eigenvalue weighted by molar-refractivity contribution is -0.269. The van der Waals surface area contributed by atoms with E-state index in [1.54, 1.807) is 6.92 Å². The third kappa shape index (κ3) is 7.06. The Labute approximate surface area is 238 Å². The minimum absolute atomic E-state index is 0.0604. The van der Waals surface area contributed by atoms with Crippen LogP contribution in [0.15, 0.2) is 0 Å². The van der Waals surface area contributed by atoms with Crippen molar-refractivity contribution in [2.45, 2.75) is 135 Å². The normalized spacial score (nSPS) is 36.8. The van der Waals surface area contributed by atoms with Gasteiger partial charge in [0.25, 0.3) is 11.7 Å². The number of amides is 1. The molecule has 4 N–H and O–H groups in total. The summed E-state index contributed by atoms with van der Waals surface area (Å²) in [4.78, 5) is 41.7. The fourth-order valence-corrected chi connectivity index (χ4v) is 6.69. The number of ketones is 1. The summed E-state index contributed by atoms with van der Waals surface area (Å²) < 4.78 is 11.8. The van der Waals surface area contributed by atoms with Crippen molar-refractivity contribution in [1.82, 2.24) is 4.90 Å². The van der Waals surface area contributed by atoms with E-state index < -0.39 is 59.8 Å². The molecule has 10 atom stereocenters. The van der Waals surface area contributed by atoms with Gasteiger partial charge < -0.3 is 34.8 Å². The lowest BCUT2D eigenvalue weighted by Gasteiger charge is -2.43. The second-order valence-corrected chi connectivity index (χ2v) is 13.2. The van der Waals surface area contributed by atoms with Crippen LogP contribution in [0.4, 0.5) is 0 Å². The Morgan fingerprint density at radius 1 is 0.950 bits per heavy atom. The first-order chi connectivity index (χ1) is 18.7. The van der Waals surface area contributed by atoms with Crippen molar-refractivity contribution in [3.63, 3.8) is 0 Å². The van der Waals surface area contributed by atoms with Gasteiger partial charge in [-0.3, -0.25) is 9.59 Å². The molecule has 3 fully saturated rings. The molecule has 0 aromatic rings. The van der Waals surface area contributed by atoms with Crippen molar-refractivity contribution in [2.75, 3.05) is 6.54 Å². The molecule has 40 heavy (non-hydrogen) atoms. The summed E-state index contributed by atoms with van der Waals surface area (Å²) in [5, 5.41) is 41.7. The van der Waals surface area contributed by atoms with Crippen LogP contribution in [0.2, 0.25) is 0 Å². The van der Waals surface area contributed by atoms with E-state index in [0.29, 0.717) is 51.4 Å². The summed E-state index contributed by atoms with van der Waals surface area (Å²) in [5.74, 6) is -5.74. The lowest BCUT2D eigenvalue weighted by atomic mass is 9.76. The maximum atomic E-state index is 13.5. The van der Waals surface area contributed by atoms with E-state index in [4.69, 9.17) is 9.47 Å². The molecule has 10 nitrogen and oxygen atoms in total. The van der Waals surface area contributed by atoms with Crippen molar-refractivity contribution in [1.29, 1.82) is 0 Å². The number of hydrogen-bond donors (Lipinski definition) is 4. The van der Waals surface area contributed by atoms with Gasteiger partial charge in [-0.15, -0.1) is 0 Å². The van der Waals surface area contributed by atoms with Crippen LogP contribution in [-0.4, -0.2) is 91.9 Å². The molecule has 1 aliphatic carbocycles. The second-order valence-electron chi connectivity index (χ2n) is 13.2. The van der Waals surface area contributed by atoms with Crippen molar-refractivity contribution in [3.05, 3.63) is 0 Å². The zero-order valence-electron chi connectivity index (χ0n) is 25.0. The van der Waals surface area contributed by atoms with Crippen LogP contribution in [0.1, 0.15) is 92.9 Å². The van der Waals surface area contributed by atoms with E-state index in [1.807, 2.05) is 34.6 Å². The molecular weight excluding hydrogens is 518 g/mol. The Balaban J connectivity index is 1.71. The number of aliphatic hydroxyl groups excluding tert-OH is 3. The number of rotatable bonds is 9. The van der Waals surface area contributed by atoms with Gasteiger partial charge in [-0.05, 0) is 75.0 Å². The molecule has 0 aromatic carbocycles. The van der Waals surface area contributed by atoms with Gasteiger partial charge in [-0.25, -0.2) is 4.79 Å². The Morgan fingerprint density at radius 3 is 2.25 bits per heavy atom. The molecule has 2 heterocycles. The van der Waals surface area contributed by atoms with Gasteiger partial charge in [0, 0.05) is 12.5 Å². The molecule has 2 aliphatic heterocycles. The fraction of sp³-hybridized carbons (Fsp3) is 0.900. The quantitative estimate of drug-likeness (QED) is 0.242. The predicted octanol–water partition coefficient (Wildman–Crippen LogP) is 2.18. The first kappa shape index (κ1) is 32.9. The summed E-state index contributed by atoms with van der Waals surface area (Å²) in [6.07, 6.45) is 0.271. The van der Waals surface area contributed by atoms with E-state index in [1.165, 1.54) is 4.90 Å². The first-order valence-electron chi connectivity index (χ1n) is 15.2. The third-order valence-electron chi connectivity index (χ3n) is 9.39. The standard InChI is InChI=1S/C30H51NO9/c1-16(2)23-13-10-19(6)30(38,40-23)27(35)28(36)31-14-8-7-9-21(31)29(37)39-26(17(3)4)18(5)15-20-11-12-22(32)25(34)24(20)33/h16-26,32-34,38H,7-15H2,1-6H3. The maximum absolute atomic E-state index is 13.5. The maximum Gasteiger partial charge on any atom is 0.329 e. The van der Waals surface area contributed by atoms with Crippen LogP contribution >= 0.6 is 0 Å². The zero-order valence-corrected chi connectivity index (χ0v) is 25.0. The highest BCUT2D eigenvalue weighted by molar-refractivity contribution is 6.39. The van der Waals surface area contributed by atoms with Crippen LogP contribution in [0, 0.1) is 29.6 Å². The molecule has 0 aromatic heterocycles. The van der Waals surface area contributed by atoms with E-state index in [9.17, 15) is 34.8 Å². The number of esters is 1. The predicted molar refractivity (Wildman–Crippen MR) is 147 cm³/mol. The SMILES string of the molecule is CC(C)C1CCC(C)C(O)(C(=O)C(=O)N2CCCCC2C(=O)OC(C(C)C)C(C)CC2CCC(O)C(O)C2O)O1. The fourth-order valence-electron chi connectivity index (χ4n) is 6.69. The number of piperidine rings is 1. The number of hydrogen-bond acceptors (Lipinski definition) is 9. The smallest absolute Gasteiger partial charge is 0.329 e. The Bertz CT molecular complexity index is 894. The number of likely N-dealkylation sites (tertiary alicyclic amines) is 1. The lowest BCUT2D eigenvalue weighted by Crippen LogP contribution is -2.61. The molecule has 1 amide bonds. The van der Waals surface area contributed by atoms with Crippen LogP contribution < -0.4 is 0 Å². The summed E-state index contributed by atoms with van der Waals surface area (Å²) >= 11 is 0. The third-order valence-corrected chi connectivity index (χ3v) is 9.39. The molecule has 3 rings (SSSR count). The summed E-state index contributed by atoms with van der Waals surface area (Å²) in [7, 11) is 0. The van der Waals surface area contributed by atoms with E-state index >= 15 is 0 Å². The highest BCUT2D eigenvalue weighted by atomic mass is 16.6. The molecule has 230 valence electrons. The number of carbonyl (C=O) groups is 3. The number of aliphatic hydroxyl groups is 4. The van der Waals surface area contributed by atoms with Crippen molar-refractivity contribution in [3.8, 4) is 0 Å². The molecular formula is C30H51NO9. The average molecular weight is 570 g/mol. The van der Waals surface area contributed by atoms with Gasteiger partial charge in [0.1, 0.15) is 18.2 Å². The molecule has 1 saturated carbocycles. The van der Waals surface area contributed by atoms with Crippen LogP contribution in [0.5, 0.6) is 0 Å². The Kier molecular flexibility index (Phi) is 11.2. The minimum atomic E-state index is -2.23. The van der Waals surface area contributed by atoms with E-state index in [-0.39, 0.29) is 36.3 Å². The van der Waals surface area contributed by atoms with Gasteiger partial charge in [-0.1, -0.05) is 41.5 Å². The molecule has 0 spiro atoms. The monoisotopic (exact) mass is 569 g/mol. The van der Waals surface area contributed by atoms with Crippen LogP contribution in [0.3, 0.4) is 0 Å². The summed E-state index contributed by atoms with van der Waals surface area (Å²) in [6, 6.07) is -0.945. The molecule has 10 unspecified atom stereocenters. The van der Waals surface area contributed by atoms with Crippen molar-refractivity contribution >= 4 is 17.7 Å². The highest BCUT2D eigenvalue weighted by Crippen LogP contribution is 2.37. The molecule has 0 bridgehead atoms. The van der Waals surface area contributed by atoms with E-state index in [2.05, 4.69) is 0 Å². The first-order valence-corrected chi connectivity index (χ1v) is 15.2. The largest absolute Gasteiger partial charge is 0.460 e. The number of carbonyl (C=O) groups excluding carboxylic acids is 3. The molecule has 10 heteroatoms. The number of nitrogens with zero attached hydrogens (tertiary/aromatic N) is 1. The molecule has 3 aliphatic rings. The molecule has 0 radical (unpaired) electrons. The van der Waals surface area contributed by atoms with E-state index in [0.717, 1.165) is 0 Å². The number of Topliss-reactive ketones (excluding diaryl/α,β-unsaturated/α-hetero) is 1. The van der Waals surface area contributed by atoms with Crippen LogP contribution in [0.25, 0.3) is 0 Å². The molecule has 2 saturated heterocycles. The minimum Gasteiger partial charge on any atom is -0.460 e. The topological polar surface area (TPSA) is 154 Å². The average Bonchev–Trinajstić information content (AvgIpc) is 2.92. The highest BCUT2D eigenvalue weighted by Gasteiger charge is 2.53. The summed E-state index contributed by atoms with van der Waals surface area (Å²) in [5.41, 5.74) is 0. The van der Waals surface area contributed by atoms with Crippen molar-refractivity contribution < 1.29 is 44.3 Å². The van der Waals surface area contributed by atoms with Crippen LogP contribution in [-0.2, 0) is 23.9 Å². The van der Waals surface area contributed by atoms with Gasteiger partial charge in [0.2, 0.25) is 5.79 Å². The second kappa shape index (κ2) is 13.6. The summed E-state index contributed by atoms with van der Waals surface area (Å²) in [6.45, 7) is 11.6. The Hall–Kier alpha value is -1.59. The Morgan fingerprint density at radius 2 is 1.62 bits per heavy atom. The zero-order chi connectivity index (χ0) is 29.9. The van der Waals surface area contributed by atoms with Gasteiger partial charge >= 0.3 is 5.97 Å². The number of ether oxygens (including phenoxy) is 2. The van der Waals surface area contributed by atoms with Gasteiger partial charge in [0.05, 0.1) is 18.3 Å². The van der Waals surface area contributed by atoms with Gasteiger partial charge in [0.15, 0.2) is 0 Å². The van der Waals surface area contributed by atoms with Gasteiger partial charge in [-0.2, -0.15) is 0 Å².